The molecule has 17 heavy (non-hydrogen) atoms. The Hall–Kier alpha value is -1.01. The molecule has 0 aromatic carbocycles. The largest absolute Gasteiger partial charge is 0.356 e. The number of nitrogens with two attached hydrogens (primary N) is 1. The maximum absolute atomic E-state index is 11.2. The fourth-order valence-corrected chi connectivity index (χ4v) is 2.92. The molecule has 0 radical (unpaired) electrons. The van der Waals surface area contributed by atoms with Gasteiger partial charge in [0.05, 0.1) is 6.33 Å². The number of anilines is 1. The Morgan fingerprint density at radius 2 is 2.29 bits per heavy atom. The van der Waals surface area contributed by atoms with Gasteiger partial charge in [0, 0.05) is 30.4 Å². The molecule has 0 atom stereocenters. The molecule has 1 aliphatic rings. The van der Waals surface area contributed by atoms with Gasteiger partial charge in [0.1, 0.15) is 5.82 Å². The second-order valence-electron chi connectivity index (χ2n) is 4.35. The van der Waals surface area contributed by atoms with Crippen LogP contribution in [0.25, 0.3) is 0 Å². The molecule has 0 saturated carbocycles. The van der Waals surface area contributed by atoms with E-state index >= 15 is 0 Å². The number of nitrogens with zero attached hydrogens (tertiary/aromatic N) is 2. The molecule has 94 valence electrons. The molecule has 1 aromatic heterocycles. The number of rotatable bonds is 3. The number of nitrogens with one attached hydrogen (secondary N) is 1. The van der Waals surface area contributed by atoms with E-state index in [2.05, 4.69) is 21.1 Å². The molecule has 1 fully saturated rings. The zero-order valence-corrected chi connectivity index (χ0v) is 10.8. The van der Waals surface area contributed by atoms with Crippen LogP contribution in [0.1, 0.15) is 12.8 Å². The Balaban J connectivity index is 2.07. The lowest BCUT2D eigenvalue weighted by atomic mass is 9.96. The molecule has 6 heteroatoms. The van der Waals surface area contributed by atoms with Crippen molar-refractivity contribution in [3.8, 4) is 0 Å². The highest BCUT2D eigenvalue weighted by molar-refractivity contribution is 8.00. The van der Waals surface area contributed by atoms with Gasteiger partial charge in [-0.1, -0.05) is 0 Å². The van der Waals surface area contributed by atoms with E-state index in [1.165, 1.54) is 6.33 Å². The monoisotopic (exact) mass is 254 g/mol. The number of H-pyrrole nitrogens is 1. The summed E-state index contributed by atoms with van der Waals surface area (Å²) < 4.78 is 0.206. The molecule has 1 aromatic rings. The van der Waals surface area contributed by atoms with Gasteiger partial charge in [-0.3, -0.25) is 4.79 Å². The predicted molar refractivity (Wildman–Crippen MR) is 71.6 cm³/mol. The molecule has 1 saturated heterocycles. The van der Waals surface area contributed by atoms with E-state index in [1.54, 1.807) is 6.07 Å². The van der Waals surface area contributed by atoms with E-state index in [1.807, 2.05) is 11.8 Å². The smallest absolute Gasteiger partial charge is 0.252 e. The van der Waals surface area contributed by atoms with E-state index in [9.17, 15) is 4.79 Å². The molecule has 3 N–H and O–H groups in total. The third kappa shape index (κ3) is 2.63. The van der Waals surface area contributed by atoms with Crippen LogP contribution in [0.2, 0.25) is 0 Å². The summed E-state index contributed by atoms with van der Waals surface area (Å²) in [6.07, 6.45) is 5.66. The van der Waals surface area contributed by atoms with Crippen LogP contribution >= 0.6 is 11.8 Å². The number of thioether (sulfide) groups is 1. The highest BCUT2D eigenvalue weighted by Gasteiger charge is 2.32. The first kappa shape index (κ1) is 12.4. The first-order chi connectivity index (χ1) is 8.19. The zero-order chi connectivity index (χ0) is 12.3. The van der Waals surface area contributed by atoms with Gasteiger partial charge in [0.25, 0.3) is 5.56 Å². The van der Waals surface area contributed by atoms with E-state index in [-0.39, 0.29) is 10.3 Å². The molecule has 0 spiro atoms. The van der Waals surface area contributed by atoms with Crippen LogP contribution in [0.15, 0.2) is 17.2 Å². The molecule has 5 nitrogen and oxygen atoms in total. The van der Waals surface area contributed by atoms with Gasteiger partial charge in [-0.25, -0.2) is 4.98 Å². The van der Waals surface area contributed by atoms with Crippen LogP contribution in [0, 0.1) is 0 Å². The summed E-state index contributed by atoms with van der Waals surface area (Å²) in [5.74, 6) is 0.764. The summed E-state index contributed by atoms with van der Waals surface area (Å²) >= 11 is 1.85. The predicted octanol–water partition coefficient (Wildman–Crippen LogP) is 0.431. The minimum Gasteiger partial charge on any atom is -0.356 e. The summed E-state index contributed by atoms with van der Waals surface area (Å²) in [5, 5.41) is 0. The van der Waals surface area contributed by atoms with Crippen molar-refractivity contribution in [3.05, 3.63) is 22.7 Å². The third-order valence-corrected chi connectivity index (χ3v) is 4.91. The Bertz CT molecular complexity index is 419. The molecule has 2 heterocycles. The van der Waals surface area contributed by atoms with Gasteiger partial charge in [-0.05, 0) is 19.1 Å². The van der Waals surface area contributed by atoms with Gasteiger partial charge in [0.2, 0.25) is 0 Å². The molecule has 0 aliphatic carbocycles. The number of hydrogen-bond donors (Lipinski definition) is 2. The summed E-state index contributed by atoms with van der Waals surface area (Å²) in [5.41, 5.74) is 5.75. The van der Waals surface area contributed by atoms with Crippen LogP contribution in [-0.2, 0) is 0 Å². The van der Waals surface area contributed by atoms with Crippen LogP contribution in [0.3, 0.4) is 0 Å². The fourth-order valence-electron chi connectivity index (χ4n) is 2.17. The lowest BCUT2D eigenvalue weighted by molar-refractivity contribution is 0.455. The second-order valence-corrected chi connectivity index (χ2v) is 5.62. The van der Waals surface area contributed by atoms with Crippen LogP contribution in [0.4, 0.5) is 5.82 Å². The summed E-state index contributed by atoms with van der Waals surface area (Å²) in [6, 6.07) is 1.55. The van der Waals surface area contributed by atoms with Gasteiger partial charge >= 0.3 is 0 Å². The minimum absolute atomic E-state index is 0.101. The number of piperidine rings is 1. The lowest BCUT2D eigenvalue weighted by Crippen LogP contribution is -2.47. The van der Waals surface area contributed by atoms with Crippen molar-refractivity contribution in [2.75, 3.05) is 30.8 Å². The van der Waals surface area contributed by atoms with Gasteiger partial charge in [0.15, 0.2) is 0 Å². The van der Waals surface area contributed by atoms with Crippen molar-refractivity contribution in [3.63, 3.8) is 0 Å². The normalized spacial score (nSPS) is 19.3. The average molecular weight is 254 g/mol. The maximum Gasteiger partial charge on any atom is 0.252 e. The van der Waals surface area contributed by atoms with Gasteiger partial charge < -0.3 is 15.6 Å². The Morgan fingerprint density at radius 3 is 2.82 bits per heavy atom. The molecule has 0 bridgehead atoms. The van der Waals surface area contributed by atoms with Crippen LogP contribution < -0.4 is 16.2 Å². The van der Waals surface area contributed by atoms with Crippen molar-refractivity contribution < 1.29 is 0 Å². The molecule has 1 aliphatic heterocycles. The van der Waals surface area contributed by atoms with E-state index in [0.717, 1.165) is 31.7 Å². The summed E-state index contributed by atoms with van der Waals surface area (Å²) in [6.45, 7) is 2.54. The quantitative estimate of drug-likeness (QED) is 0.818. The number of hydrogen-bond acceptors (Lipinski definition) is 5. The zero-order valence-electron chi connectivity index (χ0n) is 9.98. The Labute approximate surface area is 105 Å². The third-order valence-electron chi connectivity index (χ3n) is 3.47. The fraction of sp³-hybridized carbons (Fsp3) is 0.636. The standard InChI is InChI=1S/C11H18N4OS/c1-17-11(7-12)2-4-15(5-3-11)9-6-10(16)14-8-13-9/h6,8H,2-5,7,12H2,1H3,(H,13,14,16). The SMILES string of the molecule is CSC1(CN)CCN(c2cc(=O)[nH]cn2)CC1. The molecular weight excluding hydrogens is 236 g/mol. The van der Waals surface area contributed by atoms with E-state index in [4.69, 9.17) is 5.73 Å². The Morgan fingerprint density at radius 1 is 1.59 bits per heavy atom. The minimum atomic E-state index is -0.101. The maximum atomic E-state index is 11.2. The molecule has 0 unspecified atom stereocenters. The molecular formula is C11H18N4OS. The van der Waals surface area contributed by atoms with Crippen molar-refractivity contribution in [1.82, 2.24) is 9.97 Å². The highest BCUT2D eigenvalue weighted by Crippen LogP contribution is 2.34. The number of aromatic amines is 1. The van der Waals surface area contributed by atoms with Crippen LogP contribution in [-0.4, -0.2) is 40.6 Å². The summed E-state index contributed by atoms with van der Waals surface area (Å²) in [4.78, 5) is 20.1. The average Bonchev–Trinajstić information content (AvgIpc) is 2.39. The lowest BCUT2D eigenvalue weighted by Gasteiger charge is -2.40. The van der Waals surface area contributed by atoms with Crippen LogP contribution in [0.5, 0.6) is 0 Å². The summed E-state index contributed by atoms with van der Waals surface area (Å²) in [7, 11) is 0. The first-order valence-electron chi connectivity index (χ1n) is 5.74. The van der Waals surface area contributed by atoms with Crippen molar-refractivity contribution in [2.45, 2.75) is 17.6 Å². The molecule has 2 rings (SSSR count). The number of aromatic nitrogens is 2. The second kappa shape index (κ2) is 5.10. The van der Waals surface area contributed by atoms with E-state index < -0.39 is 0 Å². The molecule has 0 amide bonds. The van der Waals surface area contributed by atoms with Gasteiger partial charge in [-0.2, -0.15) is 11.8 Å². The van der Waals surface area contributed by atoms with Crippen molar-refractivity contribution in [2.24, 2.45) is 5.73 Å². The Kier molecular flexibility index (Phi) is 3.73. The topological polar surface area (TPSA) is 75.0 Å². The van der Waals surface area contributed by atoms with Crippen molar-refractivity contribution >= 4 is 17.6 Å². The van der Waals surface area contributed by atoms with Crippen molar-refractivity contribution in [1.29, 1.82) is 0 Å². The first-order valence-corrected chi connectivity index (χ1v) is 6.96. The van der Waals surface area contributed by atoms with Gasteiger partial charge in [-0.15, -0.1) is 0 Å². The van der Waals surface area contributed by atoms with E-state index in [0.29, 0.717) is 6.54 Å². The highest BCUT2D eigenvalue weighted by atomic mass is 32.2.